The van der Waals surface area contributed by atoms with E-state index in [2.05, 4.69) is 15.3 Å². The maximum atomic E-state index is 12.4. The van der Waals surface area contributed by atoms with Gasteiger partial charge in [0, 0.05) is 5.02 Å². The molecular formula is C21H23ClN4O2. The summed E-state index contributed by atoms with van der Waals surface area (Å²) >= 11 is 6.01. The van der Waals surface area contributed by atoms with Gasteiger partial charge in [-0.25, -0.2) is 4.98 Å². The van der Waals surface area contributed by atoms with E-state index < -0.39 is 0 Å². The fourth-order valence-corrected chi connectivity index (χ4v) is 3.21. The van der Waals surface area contributed by atoms with Crippen LogP contribution in [0.3, 0.4) is 0 Å². The number of rotatable bonds is 7. The molecule has 1 aromatic heterocycles. The van der Waals surface area contributed by atoms with Crippen molar-refractivity contribution < 1.29 is 4.79 Å². The molecule has 0 aliphatic carbocycles. The maximum Gasteiger partial charge on any atom is 0.258 e. The Balaban J connectivity index is 1.68. The van der Waals surface area contributed by atoms with Gasteiger partial charge in [-0.1, -0.05) is 48.9 Å². The first kappa shape index (κ1) is 20.0. The zero-order valence-electron chi connectivity index (χ0n) is 15.9. The lowest BCUT2D eigenvalue weighted by molar-refractivity contribution is -0.123. The van der Waals surface area contributed by atoms with Crippen LogP contribution in [0.2, 0.25) is 5.02 Å². The van der Waals surface area contributed by atoms with Crippen molar-refractivity contribution in [2.75, 3.05) is 13.1 Å². The standard InChI is InChI=1S/C21H23ClN4O2/c1-3-26(13-20(27)23-14(2)15-7-5-4-6-8-15)12-19-24-18-11-16(22)9-10-17(18)21(28)25-19/h4-11,14H,3,12-13H2,1-2H3,(H,23,27)(H,24,25,28)/t14-/m0/s1. The second-order valence-corrected chi connectivity index (χ2v) is 7.11. The van der Waals surface area contributed by atoms with Crippen LogP contribution in [0.15, 0.2) is 53.3 Å². The van der Waals surface area contributed by atoms with E-state index in [0.717, 1.165) is 5.56 Å². The fourth-order valence-electron chi connectivity index (χ4n) is 3.04. The molecular weight excluding hydrogens is 376 g/mol. The summed E-state index contributed by atoms with van der Waals surface area (Å²) < 4.78 is 0. The van der Waals surface area contributed by atoms with Crippen molar-refractivity contribution in [1.82, 2.24) is 20.2 Å². The summed E-state index contributed by atoms with van der Waals surface area (Å²) in [5.74, 6) is 0.426. The maximum absolute atomic E-state index is 12.4. The first-order valence-electron chi connectivity index (χ1n) is 9.21. The molecule has 1 atom stereocenters. The van der Waals surface area contributed by atoms with Crippen molar-refractivity contribution in [1.29, 1.82) is 0 Å². The van der Waals surface area contributed by atoms with Crippen LogP contribution < -0.4 is 10.9 Å². The number of halogens is 1. The van der Waals surface area contributed by atoms with Gasteiger partial charge in [-0.3, -0.25) is 14.5 Å². The Morgan fingerprint density at radius 3 is 2.71 bits per heavy atom. The highest BCUT2D eigenvalue weighted by molar-refractivity contribution is 6.31. The predicted molar refractivity (Wildman–Crippen MR) is 111 cm³/mol. The molecule has 6 nitrogen and oxygen atoms in total. The van der Waals surface area contributed by atoms with Crippen molar-refractivity contribution in [2.45, 2.75) is 26.4 Å². The SMILES string of the molecule is CCN(CC(=O)N[C@@H](C)c1ccccc1)Cc1nc2cc(Cl)ccc2c(=O)[nH]1. The van der Waals surface area contributed by atoms with Gasteiger partial charge in [0.15, 0.2) is 0 Å². The lowest BCUT2D eigenvalue weighted by Gasteiger charge is -2.21. The van der Waals surface area contributed by atoms with Crippen LogP contribution in [0.1, 0.15) is 31.3 Å². The van der Waals surface area contributed by atoms with E-state index in [1.807, 2.05) is 49.1 Å². The Morgan fingerprint density at radius 1 is 1.25 bits per heavy atom. The molecule has 0 radical (unpaired) electrons. The van der Waals surface area contributed by atoms with Crippen LogP contribution in [0.5, 0.6) is 0 Å². The molecule has 2 N–H and O–H groups in total. The van der Waals surface area contributed by atoms with Gasteiger partial charge in [-0.15, -0.1) is 0 Å². The molecule has 0 saturated carbocycles. The number of hydrogen-bond acceptors (Lipinski definition) is 4. The van der Waals surface area contributed by atoms with Crippen LogP contribution in [0.25, 0.3) is 10.9 Å². The Bertz CT molecular complexity index is 1020. The van der Waals surface area contributed by atoms with Gasteiger partial charge in [0.25, 0.3) is 5.56 Å². The number of carbonyl (C=O) groups excluding carboxylic acids is 1. The normalized spacial score (nSPS) is 12.3. The van der Waals surface area contributed by atoms with E-state index in [-0.39, 0.29) is 24.1 Å². The van der Waals surface area contributed by atoms with Crippen LogP contribution in [0, 0.1) is 0 Å². The zero-order chi connectivity index (χ0) is 20.1. The molecule has 1 amide bonds. The smallest absolute Gasteiger partial charge is 0.258 e. The molecule has 7 heteroatoms. The lowest BCUT2D eigenvalue weighted by Crippen LogP contribution is -2.38. The monoisotopic (exact) mass is 398 g/mol. The Labute approximate surface area is 168 Å². The van der Waals surface area contributed by atoms with Crippen molar-refractivity contribution >= 4 is 28.4 Å². The second-order valence-electron chi connectivity index (χ2n) is 6.68. The molecule has 0 bridgehead atoms. The van der Waals surface area contributed by atoms with Gasteiger partial charge >= 0.3 is 0 Å². The number of benzene rings is 2. The van der Waals surface area contributed by atoms with Crippen LogP contribution in [-0.2, 0) is 11.3 Å². The fraction of sp³-hybridized carbons (Fsp3) is 0.286. The Morgan fingerprint density at radius 2 is 2.00 bits per heavy atom. The van der Waals surface area contributed by atoms with Crippen LogP contribution in [-0.4, -0.2) is 33.9 Å². The highest BCUT2D eigenvalue weighted by Crippen LogP contribution is 2.15. The third kappa shape index (κ3) is 4.97. The van der Waals surface area contributed by atoms with E-state index in [1.54, 1.807) is 18.2 Å². The van der Waals surface area contributed by atoms with Crippen molar-refractivity contribution in [3.05, 3.63) is 75.3 Å². The first-order valence-corrected chi connectivity index (χ1v) is 9.59. The van der Waals surface area contributed by atoms with Gasteiger partial charge in [0.1, 0.15) is 5.82 Å². The number of carbonyl (C=O) groups is 1. The number of amides is 1. The van der Waals surface area contributed by atoms with E-state index in [4.69, 9.17) is 11.6 Å². The number of nitrogens with zero attached hydrogens (tertiary/aromatic N) is 2. The molecule has 0 spiro atoms. The number of aromatic nitrogens is 2. The second kappa shape index (κ2) is 8.99. The van der Waals surface area contributed by atoms with Crippen LogP contribution >= 0.6 is 11.6 Å². The third-order valence-electron chi connectivity index (χ3n) is 4.58. The highest BCUT2D eigenvalue weighted by atomic mass is 35.5. The summed E-state index contributed by atoms with van der Waals surface area (Å²) in [6.07, 6.45) is 0. The Kier molecular flexibility index (Phi) is 6.44. The minimum absolute atomic E-state index is 0.0758. The van der Waals surface area contributed by atoms with Gasteiger partial charge in [-0.2, -0.15) is 0 Å². The molecule has 0 unspecified atom stereocenters. The molecule has 0 saturated heterocycles. The van der Waals surface area contributed by atoms with Gasteiger partial charge < -0.3 is 10.3 Å². The predicted octanol–water partition coefficient (Wildman–Crippen LogP) is 3.28. The van der Waals surface area contributed by atoms with Crippen LogP contribution in [0.4, 0.5) is 0 Å². The molecule has 28 heavy (non-hydrogen) atoms. The number of nitrogens with one attached hydrogen (secondary N) is 2. The summed E-state index contributed by atoms with van der Waals surface area (Å²) in [7, 11) is 0. The highest BCUT2D eigenvalue weighted by Gasteiger charge is 2.15. The molecule has 0 fully saturated rings. The summed E-state index contributed by atoms with van der Waals surface area (Å²) in [6, 6.07) is 14.7. The topological polar surface area (TPSA) is 78.1 Å². The average Bonchev–Trinajstić information content (AvgIpc) is 2.67. The van der Waals surface area contributed by atoms with Crippen molar-refractivity contribution in [3.63, 3.8) is 0 Å². The van der Waals surface area contributed by atoms with Crippen molar-refractivity contribution in [3.8, 4) is 0 Å². The zero-order valence-corrected chi connectivity index (χ0v) is 16.7. The minimum atomic E-state index is -0.213. The molecule has 0 aliphatic heterocycles. The first-order chi connectivity index (χ1) is 13.5. The number of H-pyrrole nitrogens is 1. The largest absolute Gasteiger partial charge is 0.348 e. The third-order valence-corrected chi connectivity index (χ3v) is 4.82. The lowest BCUT2D eigenvalue weighted by atomic mass is 10.1. The molecule has 146 valence electrons. The molecule has 3 rings (SSSR count). The number of fused-ring (bicyclic) bond motifs is 1. The minimum Gasteiger partial charge on any atom is -0.348 e. The molecule has 1 heterocycles. The van der Waals surface area contributed by atoms with E-state index in [0.29, 0.717) is 34.8 Å². The molecule has 2 aromatic carbocycles. The summed E-state index contributed by atoms with van der Waals surface area (Å²) in [5.41, 5.74) is 1.38. The van der Waals surface area contributed by atoms with Gasteiger partial charge in [0.2, 0.25) is 5.91 Å². The Hall–Kier alpha value is -2.70. The average molecular weight is 399 g/mol. The van der Waals surface area contributed by atoms with Gasteiger partial charge in [-0.05, 0) is 37.2 Å². The van der Waals surface area contributed by atoms with E-state index in [9.17, 15) is 9.59 Å². The van der Waals surface area contributed by atoms with E-state index in [1.165, 1.54) is 0 Å². The number of hydrogen-bond donors (Lipinski definition) is 2. The number of aromatic amines is 1. The quantitative estimate of drug-likeness (QED) is 0.640. The molecule has 0 aliphatic rings. The summed E-state index contributed by atoms with van der Waals surface area (Å²) in [6.45, 7) is 5.14. The number of likely N-dealkylation sites (N-methyl/N-ethyl adjacent to an activating group) is 1. The summed E-state index contributed by atoms with van der Waals surface area (Å²) in [4.78, 5) is 33.9. The van der Waals surface area contributed by atoms with Gasteiger partial charge in [0.05, 0.1) is 30.0 Å². The van der Waals surface area contributed by atoms with E-state index >= 15 is 0 Å². The van der Waals surface area contributed by atoms with Crippen molar-refractivity contribution in [2.24, 2.45) is 0 Å². The molecule has 3 aromatic rings. The summed E-state index contributed by atoms with van der Waals surface area (Å²) in [5, 5.41) is 4.02.